The monoisotopic (exact) mass is 398 g/mol. The summed E-state index contributed by atoms with van der Waals surface area (Å²) in [6.07, 6.45) is 8.34. The minimum absolute atomic E-state index is 0. The molecule has 0 spiro atoms. The van der Waals surface area contributed by atoms with Crippen LogP contribution >= 0.6 is 11.8 Å². The third-order valence-electron chi connectivity index (χ3n) is 3.20. The van der Waals surface area contributed by atoms with Crippen LogP contribution in [-0.4, -0.2) is 23.5 Å². The Morgan fingerprint density at radius 3 is 2.79 bits per heavy atom. The van der Waals surface area contributed by atoms with Crippen LogP contribution in [0.25, 0.3) is 0 Å². The molecule has 0 aliphatic heterocycles. The second kappa shape index (κ2) is 10.5. The summed E-state index contributed by atoms with van der Waals surface area (Å²) in [4.78, 5) is 11.3. The summed E-state index contributed by atoms with van der Waals surface area (Å²) in [7, 11) is 0. The van der Waals surface area contributed by atoms with E-state index in [1.165, 1.54) is 31.0 Å². The number of esters is 1. The highest BCUT2D eigenvalue weighted by atomic mass is 127. The molecule has 0 aromatic rings. The Morgan fingerprint density at radius 2 is 2.16 bits per heavy atom. The molecule has 1 aliphatic carbocycles. The molecule has 1 aliphatic rings. The summed E-state index contributed by atoms with van der Waals surface area (Å²) in [5.41, 5.74) is 5.48. The minimum Gasteiger partial charge on any atom is -1.00 e. The van der Waals surface area contributed by atoms with Gasteiger partial charge in [-0.1, -0.05) is 18.9 Å². The predicted molar refractivity (Wildman–Crippen MR) is 74.8 cm³/mol. The smallest absolute Gasteiger partial charge is 0.330 e. The highest BCUT2D eigenvalue weighted by molar-refractivity contribution is 8.13. The van der Waals surface area contributed by atoms with E-state index in [9.17, 15) is 4.79 Å². The van der Waals surface area contributed by atoms with Gasteiger partial charge in [0.05, 0.1) is 6.61 Å². The molecule has 0 aromatic carbocycles. The lowest BCUT2D eigenvalue weighted by Crippen LogP contribution is -3.00. The molecule has 4 N–H and O–H groups in total. The van der Waals surface area contributed by atoms with Crippen LogP contribution < -0.4 is 35.1 Å². The number of halogens is 1. The molecule has 1 saturated carbocycles. The maximum absolute atomic E-state index is 11.3. The summed E-state index contributed by atoms with van der Waals surface area (Å²) >= 11 is 1.51. The Kier molecular flexibility index (Phi) is 10.4. The van der Waals surface area contributed by atoms with E-state index in [0.717, 1.165) is 12.2 Å². The third kappa shape index (κ3) is 7.81. The highest BCUT2D eigenvalue weighted by Crippen LogP contribution is 2.33. The van der Waals surface area contributed by atoms with Gasteiger partial charge in [0.1, 0.15) is 0 Å². The van der Waals surface area contributed by atoms with Crippen molar-refractivity contribution in [1.82, 2.24) is 0 Å². The second-order valence-electron chi connectivity index (χ2n) is 4.53. The number of carbonyl (C=O) groups excluding carboxylic acids is 1. The minimum atomic E-state index is -0.251. The van der Waals surface area contributed by atoms with E-state index in [-0.39, 0.29) is 29.9 Å². The largest absolute Gasteiger partial charge is 1.00 e. The number of ether oxygens (including phenoxy) is 1. The number of rotatable bonds is 5. The van der Waals surface area contributed by atoms with Gasteiger partial charge in [-0.15, -0.1) is 0 Å². The van der Waals surface area contributed by atoms with Gasteiger partial charge in [0.2, 0.25) is 0 Å². The molecule has 1 rings (SSSR count). The maximum atomic E-state index is 11.3. The van der Waals surface area contributed by atoms with Crippen molar-refractivity contribution in [3.05, 3.63) is 12.2 Å². The fourth-order valence-electron chi connectivity index (χ4n) is 2.29. The van der Waals surface area contributed by atoms with E-state index in [1.54, 1.807) is 6.08 Å². The van der Waals surface area contributed by atoms with Crippen LogP contribution in [0.2, 0.25) is 0 Å². The van der Waals surface area contributed by atoms with Crippen LogP contribution in [0.3, 0.4) is 0 Å². The SMILES string of the molecule is CCOC(=O)/C=C/[C@H]1CCCC[C@@H]1CSC(N)=[NH2+].[I-]. The molecular formula is C13H23IN2O2S. The molecule has 0 heterocycles. The average Bonchev–Trinajstić information content (AvgIpc) is 2.35. The van der Waals surface area contributed by atoms with E-state index in [1.807, 2.05) is 13.0 Å². The van der Waals surface area contributed by atoms with Crippen molar-refractivity contribution in [2.75, 3.05) is 12.4 Å². The summed E-state index contributed by atoms with van der Waals surface area (Å²) < 4.78 is 4.89. The van der Waals surface area contributed by atoms with Gasteiger partial charge in [0.15, 0.2) is 0 Å². The second-order valence-corrected chi connectivity index (χ2v) is 5.63. The molecule has 1 fully saturated rings. The van der Waals surface area contributed by atoms with E-state index in [0.29, 0.717) is 23.6 Å². The quantitative estimate of drug-likeness (QED) is 0.180. The number of nitrogens with two attached hydrogens (primary N) is 2. The Bertz CT molecular complexity index is 324. The third-order valence-corrected chi connectivity index (χ3v) is 4.13. The van der Waals surface area contributed by atoms with Crippen molar-refractivity contribution in [2.24, 2.45) is 17.6 Å². The predicted octanol–water partition coefficient (Wildman–Crippen LogP) is -2.28. The van der Waals surface area contributed by atoms with E-state index < -0.39 is 0 Å². The van der Waals surface area contributed by atoms with Crippen LogP contribution in [0, 0.1) is 11.8 Å². The first-order chi connectivity index (χ1) is 8.63. The van der Waals surface area contributed by atoms with Crippen LogP contribution in [0.4, 0.5) is 0 Å². The standard InChI is InChI=1S/C13H22N2O2S.HI/c1-2-17-12(16)8-7-10-5-3-4-6-11(10)9-18-13(14)15;/h7-8,10-11H,2-6,9H2,1H3,(H3,14,15);1H/b8-7+;/t10-,11-;/m1./s1. The fourth-order valence-corrected chi connectivity index (χ4v) is 3.11. The van der Waals surface area contributed by atoms with E-state index in [4.69, 9.17) is 15.9 Å². The molecule has 0 unspecified atom stereocenters. The number of thioether (sulfide) groups is 1. The summed E-state index contributed by atoms with van der Waals surface area (Å²) in [5.74, 6) is 1.67. The van der Waals surface area contributed by atoms with Crippen molar-refractivity contribution in [1.29, 1.82) is 0 Å². The topological polar surface area (TPSA) is 77.9 Å². The molecule has 0 bridgehead atoms. The van der Waals surface area contributed by atoms with Crippen molar-refractivity contribution in [2.45, 2.75) is 32.6 Å². The first-order valence-electron chi connectivity index (χ1n) is 6.49. The lowest BCUT2D eigenvalue weighted by molar-refractivity contribution is -0.137. The summed E-state index contributed by atoms with van der Waals surface area (Å²) in [6.45, 7) is 2.23. The van der Waals surface area contributed by atoms with Crippen LogP contribution in [0.1, 0.15) is 32.6 Å². The number of amidine groups is 1. The molecule has 0 saturated heterocycles. The fraction of sp³-hybridized carbons (Fsp3) is 0.692. The van der Waals surface area contributed by atoms with Gasteiger partial charge in [0.25, 0.3) is 5.17 Å². The van der Waals surface area contributed by atoms with Gasteiger partial charge in [-0.05, 0) is 43.4 Å². The van der Waals surface area contributed by atoms with E-state index >= 15 is 0 Å². The lowest BCUT2D eigenvalue weighted by Gasteiger charge is -2.28. The van der Waals surface area contributed by atoms with Crippen LogP contribution in [-0.2, 0) is 9.53 Å². The molecule has 0 amide bonds. The molecule has 4 nitrogen and oxygen atoms in total. The highest BCUT2D eigenvalue weighted by Gasteiger charge is 2.24. The Labute approximate surface area is 136 Å². The van der Waals surface area contributed by atoms with Crippen molar-refractivity contribution in [3.8, 4) is 0 Å². The Balaban J connectivity index is 0.00000324. The van der Waals surface area contributed by atoms with Gasteiger partial charge in [-0.3, -0.25) is 11.1 Å². The van der Waals surface area contributed by atoms with Crippen molar-refractivity contribution < 1.29 is 38.9 Å². The molecule has 6 heteroatoms. The van der Waals surface area contributed by atoms with Gasteiger partial charge < -0.3 is 28.7 Å². The van der Waals surface area contributed by atoms with Gasteiger partial charge in [0, 0.05) is 11.8 Å². The van der Waals surface area contributed by atoms with Gasteiger partial charge in [-0.25, -0.2) is 4.79 Å². The lowest BCUT2D eigenvalue weighted by atomic mass is 9.80. The molecule has 19 heavy (non-hydrogen) atoms. The van der Waals surface area contributed by atoms with Gasteiger partial charge in [-0.2, -0.15) is 0 Å². The maximum Gasteiger partial charge on any atom is 0.330 e. The zero-order chi connectivity index (χ0) is 13.4. The molecule has 110 valence electrons. The molecular weight excluding hydrogens is 375 g/mol. The Morgan fingerprint density at radius 1 is 1.47 bits per heavy atom. The first-order valence-corrected chi connectivity index (χ1v) is 7.47. The number of hydrogen-bond acceptors (Lipinski definition) is 3. The van der Waals surface area contributed by atoms with Crippen LogP contribution in [0.5, 0.6) is 0 Å². The average molecular weight is 398 g/mol. The number of allylic oxidation sites excluding steroid dienone is 1. The van der Waals surface area contributed by atoms with E-state index in [2.05, 4.69) is 0 Å². The number of carbonyl (C=O) groups is 1. The summed E-state index contributed by atoms with van der Waals surface area (Å²) in [6, 6.07) is 0. The zero-order valence-electron chi connectivity index (χ0n) is 11.3. The van der Waals surface area contributed by atoms with Crippen molar-refractivity contribution in [3.63, 3.8) is 0 Å². The summed E-state index contributed by atoms with van der Waals surface area (Å²) in [5, 5.41) is 5.91. The molecule has 2 atom stereocenters. The van der Waals surface area contributed by atoms with Crippen molar-refractivity contribution >= 4 is 22.9 Å². The first kappa shape index (κ1) is 18.8. The molecule has 0 radical (unpaired) electrons. The Hall–Kier alpha value is -0.240. The normalized spacial score (nSPS) is 22.8. The zero-order valence-corrected chi connectivity index (χ0v) is 14.3. The number of hydrogen-bond donors (Lipinski definition) is 2. The van der Waals surface area contributed by atoms with Crippen LogP contribution in [0.15, 0.2) is 12.2 Å². The van der Waals surface area contributed by atoms with Gasteiger partial charge >= 0.3 is 5.97 Å². The molecule has 0 aromatic heterocycles.